The van der Waals surface area contributed by atoms with Crippen LogP contribution in [-0.2, 0) is 6.42 Å². The van der Waals surface area contributed by atoms with E-state index in [9.17, 15) is 9.18 Å². The summed E-state index contributed by atoms with van der Waals surface area (Å²) in [6.45, 7) is 0. The number of nitrogens with zero attached hydrogens (tertiary/aromatic N) is 1. The van der Waals surface area contributed by atoms with Gasteiger partial charge in [0, 0.05) is 17.0 Å². The Bertz CT molecular complexity index is 926. The van der Waals surface area contributed by atoms with Crippen LogP contribution in [0.4, 0.5) is 4.39 Å². The number of hydrogen-bond donors (Lipinski definition) is 1. The van der Waals surface area contributed by atoms with Gasteiger partial charge in [0.2, 0.25) is 0 Å². The zero-order valence-electron chi connectivity index (χ0n) is 12.2. The lowest BCUT2D eigenvalue weighted by Gasteiger charge is -2.12. The van der Waals surface area contributed by atoms with Gasteiger partial charge in [0.25, 0.3) is 5.56 Å². The van der Waals surface area contributed by atoms with E-state index in [4.69, 9.17) is 16.3 Å². The smallest absolute Gasteiger partial charge is 0.264 e. The number of halogens is 3. The molecular formula is C17H11BrClFN2O2. The predicted molar refractivity (Wildman–Crippen MR) is 93.3 cm³/mol. The van der Waals surface area contributed by atoms with Crippen LogP contribution in [0.15, 0.2) is 57.8 Å². The van der Waals surface area contributed by atoms with Gasteiger partial charge in [0.15, 0.2) is 11.6 Å². The zero-order chi connectivity index (χ0) is 17.1. The molecule has 0 bridgehead atoms. The van der Waals surface area contributed by atoms with E-state index < -0.39 is 5.82 Å². The fraction of sp³-hybridized carbons (Fsp3) is 0.0588. The Morgan fingerprint density at radius 3 is 2.75 bits per heavy atom. The molecule has 122 valence electrons. The van der Waals surface area contributed by atoms with Crippen LogP contribution in [0.1, 0.15) is 11.3 Å². The van der Waals surface area contributed by atoms with Gasteiger partial charge in [0.05, 0.1) is 10.7 Å². The van der Waals surface area contributed by atoms with Gasteiger partial charge in [-0.1, -0.05) is 39.7 Å². The first-order valence-corrected chi connectivity index (χ1v) is 8.15. The van der Waals surface area contributed by atoms with Gasteiger partial charge >= 0.3 is 0 Å². The number of nitrogens with one attached hydrogen (secondary N) is 1. The van der Waals surface area contributed by atoms with Crippen molar-refractivity contribution < 1.29 is 9.13 Å². The molecule has 0 saturated carbocycles. The van der Waals surface area contributed by atoms with E-state index in [1.165, 1.54) is 6.07 Å². The van der Waals surface area contributed by atoms with Crippen LogP contribution in [0.2, 0.25) is 5.02 Å². The van der Waals surface area contributed by atoms with Crippen LogP contribution in [0.3, 0.4) is 0 Å². The molecule has 24 heavy (non-hydrogen) atoms. The molecule has 0 unspecified atom stereocenters. The summed E-state index contributed by atoms with van der Waals surface area (Å²) in [5.74, 6) is -0.142. The van der Waals surface area contributed by atoms with Crippen molar-refractivity contribution in [1.82, 2.24) is 10.2 Å². The lowest BCUT2D eigenvalue weighted by molar-refractivity contribution is 0.439. The highest BCUT2D eigenvalue weighted by atomic mass is 79.9. The molecule has 2 aromatic carbocycles. The fourth-order valence-corrected chi connectivity index (χ4v) is 2.68. The average molecular weight is 410 g/mol. The van der Waals surface area contributed by atoms with Crippen molar-refractivity contribution in [2.45, 2.75) is 6.42 Å². The molecule has 0 fully saturated rings. The largest absolute Gasteiger partial charge is 0.453 e. The van der Waals surface area contributed by atoms with Crippen molar-refractivity contribution in [3.63, 3.8) is 0 Å². The first-order chi connectivity index (χ1) is 11.5. The summed E-state index contributed by atoms with van der Waals surface area (Å²) in [6, 6.07) is 13.1. The van der Waals surface area contributed by atoms with Crippen molar-refractivity contribution in [2.24, 2.45) is 0 Å². The quantitative estimate of drug-likeness (QED) is 0.679. The van der Waals surface area contributed by atoms with Crippen LogP contribution in [0.5, 0.6) is 11.5 Å². The Morgan fingerprint density at radius 2 is 2.04 bits per heavy atom. The maximum Gasteiger partial charge on any atom is 0.264 e. The molecule has 0 saturated heterocycles. The standard InChI is InChI=1S/C17H11BrClFN2O2/c18-11-2-1-3-13(9-11)24-17-14(19)6-4-10(16(17)20)8-12-5-7-15(23)22-21-12/h1-7,9H,8H2,(H,22,23). The van der Waals surface area contributed by atoms with Gasteiger partial charge in [-0.05, 0) is 35.9 Å². The van der Waals surface area contributed by atoms with Crippen LogP contribution in [-0.4, -0.2) is 10.2 Å². The number of hydrogen-bond acceptors (Lipinski definition) is 3. The molecule has 0 aliphatic carbocycles. The monoisotopic (exact) mass is 408 g/mol. The minimum atomic E-state index is -0.560. The van der Waals surface area contributed by atoms with Crippen LogP contribution in [0.25, 0.3) is 0 Å². The molecule has 4 nitrogen and oxygen atoms in total. The van der Waals surface area contributed by atoms with Gasteiger partial charge in [-0.15, -0.1) is 0 Å². The molecular weight excluding hydrogens is 399 g/mol. The van der Waals surface area contributed by atoms with E-state index >= 15 is 0 Å². The Kier molecular flexibility index (Phi) is 4.97. The molecule has 1 heterocycles. The number of rotatable bonds is 4. The van der Waals surface area contributed by atoms with E-state index in [1.54, 1.807) is 36.4 Å². The normalized spacial score (nSPS) is 10.6. The van der Waals surface area contributed by atoms with Crippen molar-refractivity contribution >= 4 is 27.5 Å². The third-order valence-corrected chi connectivity index (χ3v) is 4.04. The number of aromatic nitrogens is 2. The number of benzene rings is 2. The van der Waals surface area contributed by atoms with E-state index in [0.717, 1.165) is 4.47 Å². The molecule has 3 aromatic rings. The van der Waals surface area contributed by atoms with Gasteiger partial charge in [0.1, 0.15) is 5.75 Å². The van der Waals surface area contributed by atoms with E-state index in [-0.39, 0.29) is 22.8 Å². The first-order valence-electron chi connectivity index (χ1n) is 6.98. The molecule has 0 spiro atoms. The Balaban J connectivity index is 1.92. The molecule has 3 rings (SSSR count). The minimum absolute atomic E-state index is 0.0447. The lowest BCUT2D eigenvalue weighted by atomic mass is 10.1. The maximum absolute atomic E-state index is 14.8. The maximum atomic E-state index is 14.8. The van der Waals surface area contributed by atoms with Gasteiger partial charge < -0.3 is 4.74 Å². The predicted octanol–water partition coefficient (Wildman–Crippen LogP) is 4.71. The average Bonchev–Trinajstić information content (AvgIpc) is 2.56. The van der Waals surface area contributed by atoms with Gasteiger partial charge in [-0.3, -0.25) is 4.79 Å². The SMILES string of the molecule is O=c1ccc(Cc2ccc(Cl)c(Oc3cccc(Br)c3)c2F)n[nH]1. The summed E-state index contributed by atoms with van der Waals surface area (Å²) in [6.07, 6.45) is 0.203. The summed E-state index contributed by atoms with van der Waals surface area (Å²) < 4.78 is 21.2. The summed E-state index contributed by atoms with van der Waals surface area (Å²) in [5, 5.41) is 6.37. The summed E-state index contributed by atoms with van der Waals surface area (Å²) in [5.41, 5.74) is 0.585. The zero-order valence-corrected chi connectivity index (χ0v) is 14.6. The van der Waals surface area contributed by atoms with Gasteiger partial charge in [-0.2, -0.15) is 5.10 Å². The molecule has 0 atom stereocenters. The lowest BCUT2D eigenvalue weighted by Crippen LogP contribution is -2.08. The molecule has 0 aliphatic heterocycles. The highest BCUT2D eigenvalue weighted by molar-refractivity contribution is 9.10. The van der Waals surface area contributed by atoms with Crippen LogP contribution < -0.4 is 10.3 Å². The molecule has 0 radical (unpaired) electrons. The topological polar surface area (TPSA) is 55.0 Å². The Hall–Kier alpha value is -2.18. The third-order valence-electron chi connectivity index (χ3n) is 3.25. The van der Waals surface area contributed by atoms with E-state index in [2.05, 4.69) is 26.1 Å². The molecule has 0 aliphatic rings. The summed E-state index contributed by atoms with van der Waals surface area (Å²) in [4.78, 5) is 11.0. The summed E-state index contributed by atoms with van der Waals surface area (Å²) in [7, 11) is 0. The number of ether oxygens (including phenoxy) is 1. The second-order valence-corrected chi connectivity index (χ2v) is 6.32. The Labute approximate surface area is 150 Å². The van der Waals surface area contributed by atoms with E-state index in [0.29, 0.717) is 17.0 Å². The highest BCUT2D eigenvalue weighted by Gasteiger charge is 2.16. The second-order valence-electron chi connectivity index (χ2n) is 5.00. The van der Waals surface area contributed by atoms with Crippen molar-refractivity contribution in [3.8, 4) is 11.5 Å². The summed E-state index contributed by atoms with van der Waals surface area (Å²) >= 11 is 9.41. The minimum Gasteiger partial charge on any atom is -0.453 e. The molecule has 7 heteroatoms. The van der Waals surface area contributed by atoms with Crippen molar-refractivity contribution in [1.29, 1.82) is 0 Å². The fourth-order valence-electron chi connectivity index (χ4n) is 2.12. The van der Waals surface area contributed by atoms with Gasteiger partial charge in [-0.25, -0.2) is 9.49 Å². The molecule has 1 aromatic heterocycles. The third kappa shape index (κ3) is 3.83. The molecule has 1 N–H and O–H groups in total. The highest BCUT2D eigenvalue weighted by Crippen LogP contribution is 2.35. The van der Waals surface area contributed by atoms with Crippen LogP contribution >= 0.6 is 27.5 Å². The Morgan fingerprint density at radius 1 is 1.21 bits per heavy atom. The van der Waals surface area contributed by atoms with Crippen molar-refractivity contribution in [2.75, 3.05) is 0 Å². The molecule has 0 amide bonds. The van der Waals surface area contributed by atoms with Crippen molar-refractivity contribution in [3.05, 3.63) is 85.5 Å². The van der Waals surface area contributed by atoms with E-state index in [1.807, 2.05) is 6.07 Å². The number of aromatic amines is 1. The van der Waals surface area contributed by atoms with Crippen LogP contribution in [0, 0.1) is 5.82 Å². The second kappa shape index (κ2) is 7.15. The number of H-pyrrole nitrogens is 1. The first kappa shape index (κ1) is 16.7.